The van der Waals surface area contributed by atoms with E-state index in [-0.39, 0.29) is 0 Å². The first-order valence-corrected chi connectivity index (χ1v) is 15.9. The van der Waals surface area contributed by atoms with Crippen LogP contribution in [0.25, 0.3) is 51.6 Å². The highest BCUT2D eigenvalue weighted by molar-refractivity contribution is 5.92. The molecule has 7 unspecified atom stereocenters. The highest BCUT2D eigenvalue weighted by Gasteiger charge is 2.54. The van der Waals surface area contributed by atoms with Crippen molar-refractivity contribution >= 4 is 29.1 Å². The van der Waals surface area contributed by atoms with Crippen LogP contribution in [0.15, 0.2) is 91.0 Å². The first-order valence-electron chi connectivity index (χ1n) is 15.9. The maximum absolute atomic E-state index is 2.55. The van der Waals surface area contributed by atoms with E-state index in [9.17, 15) is 0 Å². The van der Waals surface area contributed by atoms with Gasteiger partial charge in [-0.05, 0) is 131 Å². The van der Waals surface area contributed by atoms with Crippen LogP contribution >= 0.6 is 0 Å². The summed E-state index contributed by atoms with van der Waals surface area (Å²) in [6, 6.07) is 27.4. The van der Waals surface area contributed by atoms with Gasteiger partial charge in [0.1, 0.15) is 0 Å². The number of hydrogen-bond donors (Lipinski definition) is 0. The molecule has 2 heteroatoms. The van der Waals surface area contributed by atoms with Crippen LogP contribution in [0, 0.1) is 23.7 Å². The van der Waals surface area contributed by atoms with Gasteiger partial charge in [0, 0.05) is 28.1 Å². The van der Waals surface area contributed by atoms with E-state index in [1.54, 1.807) is 16.7 Å². The fourth-order valence-corrected chi connectivity index (χ4v) is 9.11. The van der Waals surface area contributed by atoms with E-state index in [1.807, 2.05) is 0 Å². The van der Waals surface area contributed by atoms with Gasteiger partial charge in [-0.3, -0.25) is 0 Å². The number of hydrogen-bond acceptors (Lipinski definition) is 0. The molecule has 42 heavy (non-hydrogen) atoms. The second kappa shape index (κ2) is 7.55. The van der Waals surface area contributed by atoms with Gasteiger partial charge in [-0.25, -0.2) is 0 Å². The topological polar surface area (TPSA) is 9.86 Å². The Morgan fingerprint density at radius 1 is 0.571 bits per heavy atom. The molecule has 5 aromatic rings. The fraction of sp³-hybridized carbons (Fsp3) is 0.250. The minimum absolute atomic E-state index is 0.705. The standard InChI is InChI=1S/C40H32N2/c1-22-29-16-19-36-40(37(22)29)39-32-21-26(32)11-18-35(39)42(36)28-14-8-24(9-15-28)23-6-12-27(13-7-23)41-33-5-3-2-4-30(33)38-31-20-25(31)10-17-34(38)41/h2-19,22,25-26,29,31-32,37H,20-21H2,1H3. The molecule has 0 bridgehead atoms. The molecule has 0 spiro atoms. The van der Waals surface area contributed by atoms with Crippen LogP contribution in [0.3, 0.4) is 0 Å². The van der Waals surface area contributed by atoms with Gasteiger partial charge in [0.05, 0.1) is 11.2 Å². The Morgan fingerprint density at radius 2 is 1.14 bits per heavy atom. The first-order chi connectivity index (χ1) is 20.7. The van der Waals surface area contributed by atoms with Gasteiger partial charge < -0.3 is 9.13 Å². The smallest absolute Gasteiger partial charge is 0.0537 e. The second-order valence-electron chi connectivity index (χ2n) is 13.7. The van der Waals surface area contributed by atoms with Crippen molar-refractivity contribution in [2.75, 3.05) is 0 Å². The summed E-state index contributed by atoms with van der Waals surface area (Å²) in [5.41, 5.74) is 15.5. The lowest BCUT2D eigenvalue weighted by molar-refractivity contribution is 0.883. The molecule has 202 valence electrons. The Morgan fingerprint density at radius 3 is 1.86 bits per heavy atom. The third-order valence-electron chi connectivity index (χ3n) is 11.5. The zero-order valence-corrected chi connectivity index (χ0v) is 23.7. The van der Waals surface area contributed by atoms with E-state index in [0.717, 1.165) is 35.5 Å². The van der Waals surface area contributed by atoms with Gasteiger partial charge >= 0.3 is 0 Å². The number of aromatic nitrogens is 2. The van der Waals surface area contributed by atoms with Crippen LogP contribution in [0.5, 0.6) is 0 Å². The molecule has 0 radical (unpaired) electrons. The molecule has 0 N–H and O–H groups in total. The third-order valence-corrected chi connectivity index (χ3v) is 11.5. The molecule has 0 aliphatic heterocycles. The van der Waals surface area contributed by atoms with Gasteiger partial charge in [0.15, 0.2) is 0 Å². The average molecular weight is 541 g/mol. The molecule has 2 nitrogen and oxygen atoms in total. The van der Waals surface area contributed by atoms with Crippen molar-refractivity contribution in [3.05, 3.63) is 125 Å². The molecule has 3 fully saturated rings. The molecule has 3 aromatic carbocycles. The second-order valence-corrected chi connectivity index (χ2v) is 13.7. The van der Waals surface area contributed by atoms with Crippen LogP contribution in [0.1, 0.15) is 71.3 Å². The summed E-state index contributed by atoms with van der Waals surface area (Å²) in [4.78, 5) is 0. The number of rotatable bonds is 3. The molecule has 11 rings (SSSR count). The molecule has 0 amide bonds. The SMILES string of the molecule is CC1C2C=Cc3c(c4c(n3-c3ccc(-c5ccc(-n6c7c(c8ccccc86)C6CC6C=C7)cc5)cc3)C=CC3CC43)C12. The summed E-state index contributed by atoms with van der Waals surface area (Å²) in [5.74, 6) is 5.25. The summed E-state index contributed by atoms with van der Waals surface area (Å²) in [6.07, 6.45) is 17.2. The first kappa shape index (κ1) is 22.3. The molecule has 0 saturated heterocycles. The molecular weight excluding hydrogens is 508 g/mol. The Hall–Kier alpha value is -4.30. The number of nitrogens with zero attached hydrogens (tertiary/aromatic N) is 2. The Labute approximate surface area is 246 Å². The van der Waals surface area contributed by atoms with Gasteiger partial charge in [-0.2, -0.15) is 0 Å². The van der Waals surface area contributed by atoms with E-state index in [4.69, 9.17) is 0 Å². The summed E-state index contributed by atoms with van der Waals surface area (Å²) in [5, 5.41) is 1.42. The van der Waals surface area contributed by atoms with E-state index >= 15 is 0 Å². The zero-order chi connectivity index (χ0) is 27.3. The highest BCUT2D eigenvalue weighted by atomic mass is 15.0. The summed E-state index contributed by atoms with van der Waals surface area (Å²) >= 11 is 0. The van der Waals surface area contributed by atoms with Gasteiger partial charge in [0.2, 0.25) is 0 Å². The van der Waals surface area contributed by atoms with E-state index in [1.165, 1.54) is 63.3 Å². The maximum Gasteiger partial charge on any atom is 0.0537 e. The average Bonchev–Trinajstić information content (AvgIpc) is 4.00. The number of fused-ring (bicyclic) bond motifs is 12. The van der Waals surface area contributed by atoms with Crippen molar-refractivity contribution in [3.8, 4) is 22.5 Å². The molecule has 6 aliphatic carbocycles. The van der Waals surface area contributed by atoms with Crippen molar-refractivity contribution < 1.29 is 0 Å². The Kier molecular flexibility index (Phi) is 4.01. The monoisotopic (exact) mass is 540 g/mol. The lowest BCUT2D eigenvalue weighted by Crippen LogP contribution is -2.02. The minimum atomic E-state index is 0.705. The van der Waals surface area contributed by atoms with Crippen molar-refractivity contribution in [3.63, 3.8) is 0 Å². The minimum Gasteiger partial charge on any atom is -0.310 e. The van der Waals surface area contributed by atoms with Crippen molar-refractivity contribution in [1.29, 1.82) is 0 Å². The van der Waals surface area contributed by atoms with Gasteiger partial charge in [-0.15, -0.1) is 0 Å². The van der Waals surface area contributed by atoms with Gasteiger partial charge in [0.25, 0.3) is 0 Å². The maximum atomic E-state index is 2.55. The van der Waals surface area contributed by atoms with Crippen LogP contribution in [-0.4, -0.2) is 9.13 Å². The molecule has 3 saturated carbocycles. The van der Waals surface area contributed by atoms with E-state index in [2.05, 4.69) is 125 Å². The molecule has 7 atom stereocenters. The van der Waals surface area contributed by atoms with Crippen molar-refractivity contribution in [2.24, 2.45) is 23.7 Å². The zero-order valence-electron chi connectivity index (χ0n) is 23.7. The van der Waals surface area contributed by atoms with Crippen LogP contribution in [0.2, 0.25) is 0 Å². The van der Waals surface area contributed by atoms with E-state index < -0.39 is 0 Å². The highest BCUT2D eigenvalue weighted by Crippen LogP contribution is 2.65. The van der Waals surface area contributed by atoms with Crippen LogP contribution in [-0.2, 0) is 0 Å². The Bertz CT molecular complexity index is 2080. The summed E-state index contributed by atoms with van der Waals surface area (Å²) in [6.45, 7) is 2.44. The lowest BCUT2D eigenvalue weighted by Gasteiger charge is -2.14. The third kappa shape index (κ3) is 2.81. The predicted octanol–water partition coefficient (Wildman–Crippen LogP) is 9.73. The largest absolute Gasteiger partial charge is 0.310 e. The van der Waals surface area contributed by atoms with Crippen LogP contribution < -0.4 is 0 Å². The number of allylic oxidation sites excluding steroid dienone is 3. The van der Waals surface area contributed by atoms with Crippen molar-refractivity contribution in [1.82, 2.24) is 9.13 Å². The van der Waals surface area contributed by atoms with Crippen molar-refractivity contribution in [2.45, 2.75) is 37.5 Å². The van der Waals surface area contributed by atoms with Gasteiger partial charge in [-0.1, -0.05) is 67.6 Å². The molecular formula is C40H32N2. The summed E-state index contributed by atoms with van der Waals surface area (Å²) in [7, 11) is 0. The number of para-hydroxylation sites is 1. The molecule has 2 heterocycles. The predicted molar refractivity (Wildman–Crippen MR) is 172 cm³/mol. The lowest BCUT2D eigenvalue weighted by atomic mass is 9.93. The van der Waals surface area contributed by atoms with E-state index in [0.29, 0.717) is 5.92 Å². The molecule has 2 aromatic heterocycles. The molecule has 6 aliphatic rings. The normalized spacial score (nSPS) is 29.8. The number of benzene rings is 3. The quantitative estimate of drug-likeness (QED) is 0.216. The Balaban J connectivity index is 0.972. The fourth-order valence-electron chi connectivity index (χ4n) is 9.11. The van der Waals surface area contributed by atoms with Crippen LogP contribution in [0.4, 0.5) is 0 Å². The summed E-state index contributed by atoms with van der Waals surface area (Å²) < 4.78 is 5.02.